The third kappa shape index (κ3) is 5.15. The maximum atomic E-state index is 11.9. The minimum atomic E-state index is -0.275. The summed E-state index contributed by atoms with van der Waals surface area (Å²) in [5.41, 5.74) is 7.09. The molecule has 0 saturated heterocycles. The molecule has 1 aromatic heterocycles. The Morgan fingerprint density at radius 2 is 1.96 bits per heavy atom. The lowest BCUT2D eigenvalue weighted by Gasteiger charge is -2.15. The molecule has 1 aliphatic rings. The molecule has 1 heterocycles. The number of benzene rings is 1. The minimum absolute atomic E-state index is 0.275. The number of hydrazine groups is 1. The maximum absolute atomic E-state index is 11.9. The second-order valence-corrected chi connectivity index (χ2v) is 6.36. The van der Waals surface area contributed by atoms with Gasteiger partial charge < -0.3 is 5.32 Å². The van der Waals surface area contributed by atoms with Crippen molar-refractivity contribution in [2.75, 3.05) is 0 Å². The van der Waals surface area contributed by atoms with Crippen LogP contribution in [0.15, 0.2) is 48.8 Å². The molecule has 1 saturated carbocycles. The molecule has 6 nitrogen and oxygen atoms in total. The van der Waals surface area contributed by atoms with Crippen molar-refractivity contribution in [2.24, 2.45) is 0 Å². The standard InChI is InChI=1S/C18H21N5OS/c24-17(21-22-18(25)20-15-6-4-5-7-15)11-10-14-12-19-23(13-14)16-8-2-1-3-9-16/h1-3,8-13,15H,4-7H2,(H,21,24)(H2,20,22,25)/b11-10+. The number of hydrogen-bond donors (Lipinski definition) is 3. The lowest BCUT2D eigenvalue weighted by Crippen LogP contribution is -2.48. The van der Waals surface area contributed by atoms with Crippen molar-refractivity contribution in [3.63, 3.8) is 0 Å². The largest absolute Gasteiger partial charge is 0.359 e. The van der Waals surface area contributed by atoms with Crippen LogP contribution in [0.2, 0.25) is 0 Å². The fourth-order valence-corrected chi connectivity index (χ4v) is 2.99. The van der Waals surface area contributed by atoms with Gasteiger partial charge in [0.05, 0.1) is 11.9 Å². The Balaban J connectivity index is 1.46. The first-order valence-corrected chi connectivity index (χ1v) is 8.76. The number of carbonyl (C=O) groups excluding carboxylic acids is 1. The average molecular weight is 355 g/mol. The zero-order valence-corrected chi connectivity index (χ0v) is 14.6. The van der Waals surface area contributed by atoms with Gasteiger partial charge in [0, 0.05) is 23.9 Å². The molecule has 0 spiro atoms. The Bertz CT molecular complexity index is 750. The van der Waals surface area contributed by atoms with Crippen molar-refractivity contribution in [3.05, 3.63) is 54.4 Å². The average Bonchev–Trinajstić information content (AvgIpc) is 3.31. The summed E-state index contributed by atoms with van der Waals surface area (Å²) in [7, 11) is 0. The molecule has 130 valence electrons. The second kappa shape index (κ2) is 8.43. The summed E-state index contributed by atoms with van der Waals surface area (Å²) in [6.45, 7) is 0. The zero-order chi connectivity index (χ0) is 17.5. The van der Waals surface area contributed by atoms with Gasteiger partial charge in [-0.2, -0.15) is 5.10 Å². The van der Waals surface area contributed by atoms with Crippen LogP contribution in [0.3, 0.4) is 0 Å². The highest BCUT2D eigenvalue weighted by molar-refractivity contribution is 7.80. The monoisotopic (exact) mass is 355 g/mol. The van der Waals surface area contributed by atoms with Crippen molar-refractivity contribution in [2.45, 2.75) is 31.7 Å². The molecule has 0 unspecified atom stereocenters. The van der Waals surface area contributed by atoms with Crippen molar-refractivity contribution in [1.29, 1.82) is 0 Å². The molecule has 25 heavy (non-hydrogen) atoms. The van der Waals surface area contributed by atoms with Gasteiger partial charge in [-0.3, -0.25) is 15.6 Å². The molecule has 1 amide bonds. The Morgan fingerprint density at radius 3 is 2.72 bits per heavy atom. The van der Waals surface area contributed by atoms with Crippen LogP contribution in [0.25, 0.3) is 11.8 Å². The van der Waals surface area contributed by atoms with E-state index in [0.717, 1.165) is 24.1 Å². The van der Waals surface area contributed by atoms with Gasteiger partial charge in [-0.15, -0.1) is 0 Å². The fraction of sp³-hybridized carbons (Fsp3) is 0.278. The predicted molar refractivity (Wildman–Crippen MR) is 102 cm³/mol. The van der Waals surface area contributed by atoms with Crippen molar-refractivity contribution >= 4 is 29.3 Å². The number of nitrogens with one attached hydrogen (secondary N) is 3. The van der Waals surface area contributed by atoms with Crippen molar-refractivity contribution < 1.29 is 4.79 Å². The van der Waals surface area contributed by atoms with E-state index in [-0.39, 0.29) is 5.91 Å². The molecule has 1 aromatic carbocycles. The van der Waals surface area contributed by atoms with Gasteiger partial charge in [0.2, 0.25) is 0 Å². The van der Waals surface area contributed by atoms with E-state index in [0.29, 0.717) is 11.2 Å². The number of nitrogens with zero attached hydrogens (tertiary/aromatic N) is 2. The highest BCUT2D eigenvalue weighted by Gasteiger charge is 2.15. The number of rotatable bonds is 4. The van der Waals surface area contributed by atoms with Crippen LogP contribution in [0, 0.1) is 0 Å². The summed E-state index contributed by atoms with van der Waals surface area (Å²) in [5, 5.41) is 7.93. The number of carbonyl (C=O) groups is 1. The van der Waals surface area contributed by atoms with Crippen LogP contribution in [0.1, 0.15) is 31.2 Å². The molecule has 0 aliphatic heterocycles. The summed E-state index contributed by atoms with van der Waals surface area (Å²) in [5.74, 6) is -0.275. The van der Waals surface area contributed by atoms with Gasteiger partial charge in [-0.1, -0.05) is 31.0 Å². The van der Waals surface area contributed by atoms with Gasteiger partial charge in [0.25, 0.3) is 5.91 Å². The third-order valence-electron chi connectivity index (χ3n) is 4.04. The number of para-hydroxylation sites is 1. The fourth-order valence-electron chi connectivity index (χ4n) is 2.77. The van der Waals surface area contributed by atoms with Gasteiger partial charge in [-0.25, -0.2) is 4.68 Å². The second-order valence-electron chi connectivity index (χ2n) is 5.96. The smallest absolute Gasteiger partial charge is 0.262 e. The number of aromatic nitrogens is 2. The van der Waals surface area contributed by atoms with Gasteiger partial charge in [-0.05, 0) is 43.3 Å². The first-order valence-electron chi connectivity index (χ1n) is 8.35. The van der Waals surface area contributed by atoms with Gasteiger partial charge in [0.1, 0.15) is 0 Å². The topological polar surface area (TPSA) is 71.0 Å². The molecule has 0 atom stereocenters. The molecule has 0 bridgehead atoms. The SMILES string of the molecule is O=C(/C=C/c1cnn(-c2ccccc2)c1)NNC(=S)NC1CCCC1. The molecule has 0 radical (unpaired) electrons. The van der Waals surface area contributed by atoms with E-state index >= 15 is 0 Å². The van der Waals surface area contributed by atoms with Crippen molar-refractivity contribution in [3.8, 4) is 5.69 Å². The van der Waals surface area contributed by atoms with E-state index in [1.165, 1.54) is 18.9 Å². The van der Waals surface area contributed by atoms with E-state index in [9.17, 15) is 4.79 Å². The van der Waals surface area contributed by atoms with Crippen LogP contribution < -0.4 is 16.2 Å². The molecule has 3 rings (SSSR count). The van der Waals surface area contributed by atoms with Gasteiger partial charge in [0.15, 0.2) is 5.11 Å². The highest BCUT2D eigenvalue weighted by Crippen LogP contribution is 2.17. The highest BCUT2D eigenvalue weighted by atomic mass is 32.1. The normalized spacial score (nSPS) is 14.6. The lowest BCUT2D eigenvalue weighted by atomic mass is 10.3. The Labute approximate surface area is 152 Å². The Kier molecular flexibility index (Phi) is 5.79. The molecule has 1 aliphatic carbocycles. The number of amides is 1. The first kappa shape index (κ1) is 17.2. The quantitative estimate of drug-likeness (QED) is 0.446. The summed E-state index contributed by atoms with van der Waals surface area (Å²) < 4.78 is 1.76. The van der Waals surface area contributed by atoms with E-state index in [4.69, 9.17) is 12.2 Å². The summed E-state index contributed by atoms with van der Waals surface area (Å²) in [6.07, 6.45) is 11.4. The Hall–Kier alpha value is -2.67. The van der Waals surface area contributed by atoms with Crippen molar-refractivity contribution in [1.82, 2.24) is 25.9 Å². The predicted octanol–water partition coefficient (Wildman–Crippen LogP) is 2.32. The molecule has 3 N–H and O–H groups in total. The van der Waals surface area contributed by atoms with Crippen LogP contribution in [0.5, 0.6) is 0 Å². The molecular weight excluding hydrogens is 334 g/mol. The summed E-state index contributed by atoms with van der Waals surface area (Å²) in [4.78, 5) is 11.9. The lowest BCUT2D eigenvalue weighted by molar-refractivity contribution is -0.116. The Morgan fingerprint density at radius 1 is 1.20 bits per heavy atom. The van der Waals surface area contributed by atoms with Gasteiger partial charge >= 0.3 is 0 Å². The molecule has 1 fully saturated rings. The number of hydrogen-bond acceptors (Lipinski definition) is 3. The third-order valence-corrected chi connectivity index (χ3v) is 4.26. The molecule has 7 heteroatoms. The maximum Gasteiger partial charge on any atom is 0.262 e. The van der Waals surface area contributed by atoms with Crippen LogP contribution in [-0.2, 0) is 4.79 Å². The van der Waals surface area contributed by atoms with Crippen LogP contribution in [0.4, 0.5) is 0 Å². The molecular formula is C18H21N5OS. The van der Waals surface area contributed by atoms with Crippen LogP contribution >= 0.6 is 12.2 Å². The summed E-state index contributed by atoms with van der Waals surface area (Å²) in [6, 6.07) is 10.2. The minimum Gasteiger partial charge on any atom is -0.359 e. The first-order chi connectivity index (χ1) is 12.2. The zero-order valence-electron chi connectivity index (χ0n) is 13.8. The molecule has 2 aromatic rings. The number of thiocarbonyl (C=S) groups is 1. The van der Waals surface area contributed by atoms with E-state index in [1.807, 2.05) is 36.5 Å². The van der Waals surface area contributed by atoms with E-state index in [2.05, 4.69) is 21.3 Å². The summed E-state index contributed by atoms with van der Waals surface area (Å²) >= 11 is 5.17. The van der Waals surface area contributed by atoms with Crippen LogP contribution in [-0.4, -0.2) is 26.8 Å². The van der Waals surface area contributed by atoms with E-state index < -0.39 is 0 Å². The van der Waals surface area contributed by atoms with E-state index in [1.54, 1.807) is 17.0 Å².